The van der Waals surface area contributed by atoms with Crippen molar-refractivity contribution in [1.82, 2.24) is 4.98 Å². The summed E-state index contributed by atoms with van der Waals surface area (Å²) in [5.74, 6) is 1.46. The Labute approximate surface area is 108 Å². The van der Waals surface area contributed by atoms with Gasteiger partial charge >= 0.3 is 0 Å². The van der Waals surface area contributed by atoms with Gasteiger partial charge in [0, 0.05) is 0 Å². The lowest BCUT2D eigenvalue weighted by molar-refractivity contribution is 0.417. The molecule has 0 amide bonds. The first-order valence-corrected chi connectivity index (χ1v) is 5.81. The van der Waals surface area contributed by atoms with Gasteiger partial charge in [-0.1, -0.05) is 12.1 Å². The fourth-order valence-corrected chi connectivity index (χ4v) is 1.89. The van der Waals surface area contributed by atoms with Gasteiger partial charge in [0.25, 0.3) is 0 Å². The van der Waals surface area contributed by atoms with Crippen LogP contribution < -0.4 is 15.8 Å². The normalized spacial score (nSPS) is 10.0. The lowest BCUT2D eigenvalue weighted by atomic mass is 10.3. The second-order valence-corrected chi connectivity index (χ2v) is 4.28. The van der Waals surface area contributed by atoms with Crippen LogP contribution in [0.4, 0.5) is 17.2 Å². The SMILES string of the molecule is COc1ccccc1Nc1ncc(N)cc1Br. The predicted octanol–water partition coefficient (Wildman–Crippen LogP) is 3.18. The summed E-state index contributed by atoms with van der Waals surface area (Å²) in [5, 5.41) is 3.18. The van der Waals surface area contributed by atoms with Crippen molar-refractivity contribution in [3.63, 3.8) is 0 Å². The Balaban J connectivity index is 2.31. The molecular formula is C12H12BrN3O. The molecule has 1 heterocycles. The lowest BCUT2D eigenvalue weighted by Gasteiger charge is -2.11. The van der Waals surface area contributed by atoms with Crippen molar-refractivity contribution in [2.45, 2.75) is 0 Å². The monoisotopic (exact) mass is 293 g/mol. The molecule has 1 aromatic carbocycles. The molecule has 0 fully saturated rings. The van der Waals surface area contributed by atoms with E-state index in [0.717, 1.165) is 15.9 Å². The third-order valence-electron chi connectivity index (χ3n) is 2.22. The third kappa shape index (κ3) is 2.68. The van der Waals surface area contributed by atoms with Crippen LogP contribution in [0.1, 0.15) is 0 Å². The Morgan fingerprint density at radius 1 is 1.35 bits per heavy atom. The average Bonchev–Trinajstić information content (AvgIpc) is 2.33. The van der Waals surface area contributed by atoms with Crippen LogP contribution in [0.2, 0.25) is 0 Å². The maximum atomic E-state index is 5.63. The number of methoxy groups -OCH3 is 1. The smallest absolute Gasteiger partial charge is 0.144 e. The molecular weight excluding hydrogens is 282 g/mol. The van der Waals surface area contributed by atoms with Crippen LogP contribution in [0.15, 0.2) is 41.0 Å². The van der Waals surface area contributed by atoms with E-state index in [-0.39, 0.29) is 0 Å². The van der Waals surface area contributed by atoms with Crippen molar-refractivity contribution in [3.8, 4) is 5.75 Å². The number of pyridine rings is 1. The van der Waals surface area contributed by atoms with E-state index in [4.69, 9.17) is 10.5 Å². The summed E-state index contributed by atoms with van der Waals surface area (Å²) in [4.78, 5) is 4.21. The van der Waals surface area contributed by atoms with Crippen LogP contribution in [0.25, 0.3) is 0 Å². The van der Waals surface area contributed by atoms with E-state index >= 15 is 0 Å². The standard InChI is InChI=1S/C12H12BrN3O/c1-17-11-5-3-2-4-10(11)16-12-9(13)6-8(14)7-15-12/h2-7H,14H2,1H3,(H,15,16). The van der Waals surface area contributed by atoms with E-state index in [0.29, 0.717) is 11.5 Å². The molecule has 4 nitrogen and oxygen atoms in total. The van der Waals surface area contributed by atoms with E-state index in [1.54, 1.807) is 19.4 Å². The number of rotatable bonds is 3. The molecule has 2 rings (SSSR count). The van der Waals surface area contributed by atoms with E-state index < -0.39 is 0 Å². The molecule has 0 saturated carbocycles. The predicted molar refractivity (Wildman–Crippen MR) is 72.6 cm³/mol. The van der Waals surface area contributed by atoms with Gasteiger partial charge < -0.3 is 15.8 Å². The van der Waals surface area contributed by atoms with Gasteiger partial charge in [-0.25, -0.2) is 4.98 Å². The number of aromatic nitrogens is 1. The Hall–Kier alpha value is -1.75. The Morgan fingerprint density at radius 3 is 2.82 bits per heavy atom. The summed E-state index contributed by atoms with van der Waals surface area (Å²) in [6.07, 6.45) is 1.60. The first-order valence-electron chi connectivity index (χ1n) is 5.02. The number of ether oxygens (including phenoxy) is 1. The minimum absolute atomic E-state index is 0.613. The molecule has 0 saturated heterocycles. The fraction of sp³-hybridized carbons (Fsp3) is 0.0833. The van der Waals surface area contributed by atoms with Crippen LogP contribution in [0.3, 0.4) is 0 Å². The first kappa shape index (κ1) is 11.7. The third-order valence-corrected chi connectivity index (χ3v) is 2.83. The minimum Gasteiger partial charge on any atom is -0.495 e. The molecule has 2 aromatic rings. The first-order chi connectivity index (χ1) is 8.20. The molecule has 0 atom stereocenters. The zero-order chi connectivity index (χ0) is 12.3. The van der Waals surface area contributed by atoms with E-state index in [1.807, 2.05) is 24.3 Å². The van der Waals surface area contributed by atoms with Gasteiger partial charge in [0.15, 0.2) is 0 Å². The van der Waals surface area contributed by atoms with Crippen LogP contribution in [-0.4, -0.2) is 12.1 Å². The maximum Gasteiger partial charge on any atom is 0.144 e. The summed E-state index contributed by atoms with van der Waals surface area (Å²) >= 11 is 3.41. The molecule has 0 aliphatic rings. The second kappa shape index (κ2) is 5.05. The highest BCUT2D eigenvalue weighted by Gasteiger charge is 2.06. The van der Waals surface area contributed by atoms with Crippen molar-refractivity contribution in [2.75, 3.05) is 18.2 Å². The number of anilines is 3. The van der Waals surface area contributed by atoms with Gasteiger partial charge in [-0.05, 0) is 34.1 Å². The zero-order valence-corrected chi connectivity index (χ0v) is 10.9. The van der Waals surface area contributed by atoms with Gasteiger partial charge in [0.2, 0.25) is 0 Å². The molecule has 0 radical (unpaired) electrons. The van der Waals surface area contributed by atoms with E-state index in [9.17, 15) is 0 Å². The Bertz CT molecular complexity index is 531. The van der Waals surface area contributed by atoms with Crippen LogP contribution in [-0.2, 0) is 0 Å². The summed E-state index contributed by atoms with van der Waals surface area (Å²) in [5.41, 5.74) is 7.10. The van der Waals surface area contributed by atoms with Gasteiger partial charge in [-0.2, -0.15) is 0 Å². The summed E-state index contributed by atoms with van der Waals surface area (Å²) in [7, 11) is 1.63. The summed E-state index contributed by atoms with van der Waals surface area (Å²) in [6, 6.07) is 9.44. The maximum absolute atomic E-state index is 5.63. The number of nitrogens with one attached hydrogen (secondary N) is 1. The Kier molecular flexibility index (Phi) is 3.49. The van der Waals surface area contributed by atoms with Gasteiger partial charge in [-0.15, -0.1) is 0 Å². The molecule has 0 spiro atoms. The fourth-order valence-electron chi connectivity index (χ4n) is 1.42. The molecule has 17 heavy (non-hydrogen) atoms. The van der Waals surface area contributed by atoms with Crippen molar-refractivity contribution in [2.24, 2.45) is 0 Å². The van der Waals surface area contributed by atoms with Crippen LogP contribution >= 0.6 is 15.9 Å². The second-order valence-electron chi connectivity index (χ2n) is 3.42. The minimum atomic E-state index is 0.613. The van der Waals surface area contributed by atoms with Crippen molar-refractivity contribution >= 4 is 33.1 Å². The number of nitrogens with zero attached hydrogens (tertiary/aromatic N) is 1. The summed E-state index contributed by atoms with van der Waals surface area (Å²) < 4.78 is 6.06. The molecule has 0 bridgehead atoms. The number of benzene rings is 1. The molecule has 3 N–H and O–H groups in total. The largest absolute Gasteiger partial charge is 0.495 e. The van der Waals surface area contributed by atoms with Crippen LogP contribution in [0, 0.1) is 0 Å². The van der Waals surface area contributed by atoms with Crippen LogP contribution in [0.5, 0.6) is 5.75 Å². The molecule has 0 aliphatic carbocycles. The van der Waals surface area contributed by atoms with Crippen molar-refractivity contribution in [1.29, 1.82) is 0 Å². The number of halogens is 1. The van der Waals surface area contributed by atoms with Gasteiger partial charge in [0.05, 0.1) is 29.2 Å². The highest BCUT2D eigenvalue weighted by Crippen LogP contribution is 2.30. The highest BCUT2D eigenvalue weighted by atomic mass is 79.9. The van der Waals surface area contributed by atoms with E-state index in [2.05, 4.69) is 26.2 Å². The lowest BCUT2D eigenvalue weighted by Crippen LogP contribution is -1.98. The topological polar surface area (TPSA) is 60.2 Å². The quantitative estimate of drug-likeness (QED) is 0.912. The number of hydrogen-bond acceptors (Lipinski definition) is 4. The Morgan fingerprint density at radius 2 is 2.12 bits per heavy atom. The molecule has 5 heteroatoms. The van der Waals surface area contributed by atoms with Crippen molar-refractivity contribution in [3.05, 3.63) is 41.0 Å². The number of nitrogens with two attached hydrogens (primary N) is 1. The highest BCUT2D eigenvalue weighted by molar-refractivity contribution is 9.10. The summed E-state index contributed by atoms with van der Waals surface area (Å²) in [6.45, 7) is 0. The zero-order valence-electron chi connectivity index (χ0n) is 9.27. The van der Waals surface area contributed by atoms with Gasteiger partial charge in [-0.3, -0.25) is 0 Å². The number of nitrogen functional groups attached to an aromatic ring is 1. The molecule has 88 valence electrons. The molecule has 1 aromatic heterocycles. The van der Waals surface area contributed by atoms with Crippen molar-refractivity contribution < 1.29 is 4.74 Å². The molecule has 0 aliphatic heterocycles. The average molecular weight is 294 g/mol. The molecule has 0 unspecified atom stereocenters. The van der Waals surface area contributed by atoms with Gasteiger partial charge in [0.1, 0.15) is 11.6 Å². The van der Waals surface area contributed by atoms with E-state index in [1.165, 1.54) is 0 Å². The number of para-hydroxylation sites is 2. The number of hydrogen-bond donors (Lipinski definition) is 2.